The summed E-state index contributed by atoms with van der Waals surface area (Å²) < 4.78 is 22.0. The Balaban J connectivity index is 2.43. The molecule has 10 nitrogen and oxygen atoms in total. The molecule has 0 aromatic heterocycles. The Morgan fingerprint density at radius 3 is 1.58 bits per heavy atom. The Morgan fingerprint density at radius 2 is 1.07 bits per heavy atom. The van der Waals surface area contributed by atoms with Gasteiger partial charge in [-0.25, -0.2) is 0 Å². The van der Waals surface area contributed by atoms with Gasteiger partial charge in [-0.2, -0.15) is 0 Å². The summed E-state index contributed by atoms with van der Waals surface area (Å²) in [7, 11) is 0. The van der Waals surface area contributed by atoms with Crippen molar-refractivity contribution in [3.8, 4) is 0 Å². The molecule has 1 fully saturated rings. The molecule has 0 aromatic carbocycles. The van der Waals surface area contributed by atoms with Gasteiger partial charge in [0.1, 0.15) is 31.0 Å². The third-order valence-electron chi connectivity index (χ3n) is 9.12. The predicted octanol–water partition coefficient (Wildman–Crippen LogP) is 8.44. The van der Waals surface area contributed by atoms with Crippen molar-refractivity contribution in [3.05, 3.63) is 72.9 Å². The fourth-order valence-electron chi connectivity index (χ4n) is 5.80. The summed E-state index contributed by atoms with van der Waals surface area (Å²) in [5.74, 6) is -0.911. The largest absolute Gasteiger partial charge is 0.462 e. The normalized spacial score (nSPS) is 21.3. The van der Waals surface area contributed by atoms with Gasteiger partial charge in [0.2, 0.25) is 0 Å². The van der Waals surface area contributed by atoms with E-state index in [-0.39, 0.29) is 26.1 Å². The molecular formula is C45H74O10. The molecule has 0 aromatic rings. The molecule has 1 rings (SSSR count). The molecule has 0 amide bonds. The van der Waals surface area contributed by atoms with Gasteiger partial charge in [0, 0.05) is 12.8 Å². The third kappa shape index (κ3) is 27.4. The van der Waals surface area contributed by atoms with Gasteiger partial charge in [-0.15, -0.1) is 0 Å². The van der Waals surface area contributed by atoms with Crippen LogP contribution in [0.1, 0.15) is 142 Å². The Hall–Kier alpha value is -2.86. The number of rotatable bonds is 33. The molecule has 1 heterocycles. The zero-order valence-electron chi connectivity index (χ0n) is 33.9. The zero-order chi connectivity index (χ0) is 40.2. The molecule has 0 spiro atoms. The number of aliphatic hydroxyl groups is 4. The van der Waals surface area contributed by atoms with E-state index in [1.165, 1.54) is 44.9 Å². The molecule has 2 unspecified atom stereocenters. The number of allylic oxidation sites excluding steroid dienone is 12. The van der Waals surface area contributed by atoms with Crippen LogP contribution >= 0.6 is 0 Å². The molecule has 6 atom stereocenters. The standard InChI is InChI=1S/C45H74O10/c1-3-5-7-9-11-13-15-16-17-18-19-20-21-22-24-26-28-30-32-34-41(48)54-38(37-53-45-44(51)43(50)42(49)39(35-46)55-45)36-52-40(47)33-31-29-27-25-23-14-12-10-8-6-4-2/h5,7,11,13,16-17,19-20,22,24,28,30,38-39,42-46,49-51H,3-4,6,8-10,12,14-15,18,21,23,25-27,29,31-37H2,1-2H3/b7-5+,13-11+,17-16+,20-19+,24-22+,30-28+/t38-,39-,42+,43?,44?,45-/m1/s1. The lowest BCUT2D eigenvalue weighted by molar-refractivity contribution is -0.305. The molecule has 4 N–H and O–H groups in total. The van der Waals surface area contributed by atoms with Crippen LogP contribution < -0.4 is 0 Å². The van der Waals surface area contributed by atoms with Crippen LogP contribution in [0.2, 0.25) is 0 Å². The minimum Gasteiger partial charge on any atom is -0.462 e. The number of carbonyl (C=O) groups is 2. The van der Waals surface area contributed by atoms with Crippen molar-refractivity contribution in [1.82, 2.24) is 0 Å². The van der Waals surface area contributed by atoms with Crippen LogP contribution in [0, 0.1) is 0 Å². The van der Waals surface area contributed by atoms with Crippen LogP contribution in [0.4, 0.5) is 0 Å². The quantitative estimate of drug-likeness (QED) is 0.0291. The highest BCUT2D eigenvalue weighted by molar-refractivity contribution is 5.70. The highest BCUT2D eigenvalue weighted by Gasteiger charge is 2.44. The van der Waals surface area contributed by atoms with Gasteiger partial charge >= 0.3 is 11.9 Å². The molecular weight excluding hydrogens is 700 g/mol. The SMILES string of the molecule is CC/C=C/C/C=C/C/C=C/C/C=C/C/C=C/C/C=C/CCC(=O)O[C@H](COC(=O)CCCCCCCCCCCCC)CO[C@@H]1O[C@H](CO)[C@H](O)C(O)C1O. The molecule has 0 saturated carbocycles. The number of esters is 2. The smallest absolute Gasteiger partial charge is 0.306 e. The molecule has 1 aliphatic rings. The third-order valence-corrected chi connectivity index (χ3v) is 9.12. The van der Waals surface area contributed by atoms with Gasteiger partial charge in [-0.1, -0.05) is 151 Å². The van der Waals surface area contributed by atoms with E-state index in [4.69, 9.17) is 18.9 Å². The maximum Gasteiger partial charge on any atom is 0.306 e. The van der Waals surface area contributed by atoms with Gasteiger partial charge in [0.25, 0.3) is 0 Å². The lowest BCUT2D eigenvalue weighted by Crippen LogP contribution is -2.59. The Morgan fingerprint density at radius 1 is 0.582 bits per heavy atom. The first-order valence-corrected chi connectivity index (χ1v) is 21.0. The minimum absolute atomic E-state index is 0.103. The van der Waals surface area contributed by atoms with Crippen molar-refractivity contribution in [2.24, 2.45) is 0 Å². The first-order valence-electron chi connectivity index (χ1n) is 21.0. The highest BCUT2D eigenvalue weighted by atomic mass is 16.7. The van der Waals surface area contributed by atoms with Gasteiger partial charge in [-0.05, 0) is 51.4 Å². The number of hydrogen-bond acceptors (Lipinski definition) is 10. The molecule has 10 heteroatoms. The van der Waals surface area contributed by atoms with Gasteiger partial charge in [0.15, 0.2) is 12.4 Å². The number of unbranched alkanes of at least 4 members (excludes halogenated alkanes) is 10. The van der Waals surface area contributed by atoms with E-state index in [0.717, 1.165) is 57.8 Å². The fourth-order valence-corrected chi connectivity index (χ4v) is 5.80. The van der Waals surface area contributed by atoms with E-state index in [1.54, 1.807) is 0 Å². The highest BCUT2D eigenvalue weighted by Crippen LogP contribution is 2.22. The van der Waals surface area contributed by atoms with Crippen molar-refractivity contribution in [2.75, 3.05) is 19.8 Å². The Kier molecular flexibility index (Phi) is 32.4. The van der Waals surface area contributed by atoms with E-state index < -0.39 is 55.4 Å². The maximum atomic E-state index is 12.7. The predicted molar refractivity (Wildman–Crippen MR) is 219 cm³/mol. The average molecular weight is 775 g/mol. The van der Waals surface area contributed by atoms with Crippen molar-refractivity contribution in [3.63, 3.8) is 0 Å². The summed E-state index contributed by atoms with van der Waals surface area (Å²) in [5.41, 5.74) is 0. The second-order valence-electron chi connectivity index (χ2n) is 14.1. The summed E-state index contributed by atoms with van der Waals surface area (Å²) in [5, 5.41) is 40.0. The number of ether oxygens (including phenoxy) is 4. The van der Waals surface area contributed by atoms with Crippen LogP contribution in [0.5, 0.6) is 0 Å². The maximum absolute atomic E-state index is 12.7. The molecule has 314 valence electrons. The van der Waals surface area contributed by atoms with Gasteiger partial charge < -0.3 is 39.4 Å². The van der Waals surface area contributed by atoms with E-state index in [9.17, 15) is 30.0 Å². The molecule has 0 radical (unpaired) electrons. The van der Waals surface area contributed by atoms with Gasteiger partial charge in [-0.3, -0.25) is 9.59 Å². The number of hydrogen-bond donors (Lipinski definition) is 4. The topological polar surface area (TPSA) is 152 Å². The van der Waals surface area contributed by atoms with Crippen molar-refractivity contribution in [1.29, 1.82) is 0 Å². The molecule has 0 aliphatic carbocycles. The molecule has 1 saturated heterocycles. The lowest BCUT2D eigenvalue weighted by Gasteiger charge is -2.39. The van der Waals surface area contributed by atoms with E-state index >= 15 is 0 Å². The van der Waals surface area contributed by atoms with Crippen LogP contribution in [-0.4, -0.2) is 89.0 Å². The Labute approximate surface area is 332 Å². The molecule has 1 aliphatic heterocycles. The van der Waals surface area contributed by atoms with Crippen LogP contribution in [0.15, 0.2) is 72.9 Å². The summed E-state index contributed by atoms with van der Waals surface area (Å²) in [6, 6.07) is 0. The molecule has 0 bridgehead atoms. The first-order chi connectivity index (χ1) is 26.8. The first kappa shape index (κ1) is 50.2. The van der Waals surface area contributed by atoms with E-state index in [0.29, 0.717) is 12.8 Å². The van der Waals surface area contributed by atoms with Crippen molar-refractivity contribution in [2.45, 2.75) is 179 Å². The molecule has 55 heavy (non-hydrogen) atoms. The van der Waals surface area contributed by atoms with E-state index in [1.807, 2.05) is 12.2 Å². The fraction of sp³-hybridized carbons (Fsp3) is 0.689. The number of carbonyl (C=O) groups excluding carboxylic acids is 2. The summed E-state index contributed by atoms with van der Waals surface area (Å²) in [6.45, 7) is 3.20. The Bertz CT molecular complexity index is 1120. The average Bonchev–Trinajstić information content (AvgIpc) is 3.18. The van der Waals surface area contributed by atoms with Crippen molar-refractivity contribution >= 4 is 11.9 Å². The summed E-state index contributed by atoms with van der Waals surface area (Å²) >= 11 is 0. The minimum atomic E-state index is -1.61. The summed E-state index contributed by atoms with van der Waals surface area (Å²) in [6.07, 6.45) is 36.4. The van der Waals surface area contributed by atoms with Crippen LogP contribution in [-0.2, 0) is 28.5 Å². The zero-order valence-corrected chi connectivity index (χ0v) is 33.9. The van der Waals surface area contributed by atoms with Crippen LogP contribution in [0.3, 0.4) is 0 Å². The summed E-state index contributed by atoms with van der Waals surface area (Å²) in [4.78, 5) is 25.2. The van der Waals surface area contributed by atoms with Crippen molar-refractivity contribution < 1.29 is 49.0 Å². The van der Waals surface area contributed by atoms with E-state index in [2.05, 4.69) is 74.6 Å². The lowest BCUT2D eigenvalue weighted by atomic mass is 9.99. The second kappa shape index (κ2) is 35.5. The number of aliphatic hydroxyl groups excluding tert-OH is 4. The van der Waals surface area contributed by atoms with Crippen LogP contribution in [0.25, 0.3) is 0 Å². The van der Waals surface area contributed by atoms with Gasteiger partial charge in [0.05, 0.1) is 13.2 Å². The monoisotopic (exact) mass is 775 g/mol. The second-order valence-corrected chi connectivity index (χ2v) is 14.1.